The molecule has 4 nitrogen and oxygen atoms in total. The van der Waals surface area contributed by atoms with Crippen molar-refractivity contribution in [2.75, 3.05) is 39.6 Å². The van der Waals surface area contributed by atoms with Gasteiger partial charge in [0.1, 0.15) is 11.2 Å². The lowest BCUT2D eigenvalue weighted by molar-refractivity contribution is -0.245. The fourth-order valence-corrected chi connectivity index (χ4v) is 5.00. The topological polar surface area (TPSA) is 36.9 Å². The number of ether oxygens (including phenoxy) is 4. The minimum Gasteiger partial charge on any atom is -0.379 e. The summed E-state index contributed by atoms with van der Waals surface area (Å²) in [7, 11) is 0. The van der Waals surface area contributed by atoms with Crippen LogP contribution in [0.25, 0.3) is 0 Å². The van der Waals surface area contributed by atoms with E-state index < -0.39 is 11.2 Å². The molecule has 2 fully saturated rings. The Morgan fingerprint density at radius 3 is 1.33 bits per heavy atom. The van der Waals surface area contributed by atoms with Gasteiger partial charge in [-0.1, -0.05) is 60.7 Å². The third kappa shape index (κ3) is 4.47. The van der Waals surface area contributed by atoms with Gasteiger partial charge in [-0.25, -0.2) is 0 Å². The fraction of sp³-hybridized carbons (Fsp3) is 0.538. The molecule has 0 amide bonds. The summed E-state index contributed by atoms with van der Waals surface area (Å²) < 4.78 is 25.2. The standard InChI is InChI=1S/C26H34O4/c1-3-11-23(12-4-1)25-15-7-8-16-26(25,24-13-5-2-6-14-24)30-20-10-18-28-22-21-27-17-9-19-29-25/h1-6,11-14H,7-10,15-22H2/t25-,26-/m1/s1. The Hall–Kier alpha value is -1.72. The summed E-state index contributed by atoms with van der Waals surface area (Å²) in [5.41, 5.74) is 1.38. The maximum Gasteiger partial charge on any atom is 0.126 e. The van der Waals surface area contributed by atoms with Crippen LogP contribution in [0, 0.1) is 0 Å². The van der Waals surface area contributed by atoms with Crippen LogP contribution in [0.4, 0.5) is 0 Å². The van der Waals surface area contributed by atoms with Gasteiger partial charge in [0.2, 0.25) is 0 Å². The van der Waals surface area contributed by atoms with Crippen molar-refractivity contribution in [1.82, 2.24) is 0 Å². The van der Waals surface area contributed by atoms with Gasteiger partial charge in [0.25, 0.3) is 0 Å². The molecule has 0 aromatic heterocycles. The zero-order valence-corrected chi connectivity index (χ0v) is 17.9. The molecular weight excluding hydrogens is 376 g/mol. The molecule has 2 aromatic carbocycles. The zero-order valence-electron chi connectivity index (χ0n) is 17.9. The Balaban J connectivity index is 1.78. The van der Waals surface area contributed by atoms with Gasteiger partial charge >= 0.3 is 0 Å². The van der Waals surface area contributed by atoms with Gasteiger partial charge in [-0.05, 0) is 49.7 Å². The van der Waals surface area contributed by atoms with Crippen LogP contribution >= 0.6 is 0 Å². The summed E-state index contributed by atoms with van der Waals surface area (Å²) in [6.45, 7) is 3.94. The lowest BCUT2D eigenvalue weighted by atomic mass is 9.64. The van der Waals surface area contributed by atoms with E-state index in [2.05, 4.69) is 60.7 Å². The van der Waals surface area contributed by atoms with E-state index in [1.165, 1.54) is 11.1 Å². The first-order valence-corrected chi connectivity index (χ1v) is 11.4. The van der Waals surface area contributed by atoms with E-state index in [-0.39, 0.29) is 0 Å². The largest absolute Gasteiger partial charge is 0.379 e. The quantitative estimate of drug-likeness (QED) is 0.681. The minimum absolute atomic E-state index is 0.515. The van der Waals surface area contributed by atoms with E-state index in [0.29, 0.717) is 39.6 Å². The molecule has 1 aliphatic heterocycles. The summed E-state index contributed by atoms with van der Waals surface area (Å²) in [6.07, 6.45) is 5.88. The first-order chi connectivity index (χ1) is 14.9. The monoisotopic (exact) mass is 410 g/mol. The average Bonchev–Trinajstić information content (AvgIpc) is 2.81. The minimum atomic E-state index is -0.515. The van der Waals surface area contributed by atoms with E-state index in [9.17, 15) is 0 Å². The maximum absolute atomic E-state index is 6.89. The number of hydrogen-bond donors (Lipinski definition) is 0. The molecule has 2 atom stereocenters. The lowest BCUT2D eigenvalue weighted by Gasteiger charge is -2.53. The summed E-state index contributed by atoms with van der Waals surface area (Å²) in [4.78, 5) is 0. The number of rotatable bonds is 2. The van der Waals surface area contributed by atoms with Gasteiger partial charge in [0.15, 0.2) is 0 Å². The Labute approximate surface area is 180 Å². The van der Waals surface area contributed by atoms with Crippen molar-refractivity contribution in [3.05, 3.63) is 71.8 Å². The Bertz CT molecular complexity index is 685. The summed E-state index contributed by atoms with van der Waals surface area (Å²) in [5.74, 6) is 0. The Morgan fingerprint density at radius 2 is 0.900 bits per heavy atom. The van der Waals surface area contributed by atoms with Crippen molar-refractivity contribution in [2.45, 2.75) is 49.7 Å². The van der Waals surface area contributed by atoms with Gasteiger partial charge in [0.05, 0.1) is 26.4 Å². The summed E-state index contributed by atoms with van der Waals surface area (Å²) in [5, 5.41) is 0. The molecule has 1 heterocycles. The van der Waals surface area contributed by atoms with E-state index >= 15 is 0 Å². The average molecular weight is 411 g/mol. The van der Waals surface area contributed by atoms with E-state index in [1.54, 1.807) is 0 Å². The van der Waals surface area contributed by atoms with Crippen molar-refractivity contribution in [3.8, 4) is 0 Å². The second-order valence-electron chi connectivity index (χ2n) is 8.22. The van der Waals surface area contributed by atoms with Gasteiger partial charge in [-0.3, -0.25) is 0 Å². The number of fused-ring (bicyclic) bond motifs is 1. The van der Waals surface area contributed by atoms with Gasteiger partial charge in [-0.15, -0.1) is 0 Å². The highest BCUT2D eigenvalue weighted by atomic mass is 16.6. The molecule has 0 unspecified atom stereocenters. The molecule has 0 spiro atoms. The van der Waals surface area contributed by atoms with Crippen LogP contribution in [0.1, 0.15) is 49.7 Å². The molecule has 2 aromatic rings. The normalized spacial score (nSPS) is 29.5. The van der Waals surface area contributed by atoms with Crippen LogP contribution in [0.3, 0.4) is 0 Å². The summed E-state index contributed by atoms with van der Waals surface area (Å²) >= 11 is 0. The molecule has 0 radical (unpaired) electrons. The van der Waals surface area contributed by atoms with E-state index in [1.807, 2.05) is 0 Å². The van der Waals surface area contributed by atoms with Crippen LogP contribution in [0.5, 0.6) is 0 Å². The second kappa shape index (κ2) is 10.5. The fourth-order valence-electron chi connectivity index (χ4n) is 5.00. The molecule has 162 valence electrons. The highest BCUT2D eigenvalue weighted by molar-refractivity contribution is 5.36. The van der Waals surface area contributed by atoms with Crippen LogP contribution in [-0.2, 0) is 30.1 Å². The van der Waals surface area contributed by atoms with Gasteiger partial charge in [-0.2, -0.15) is 0 Å². The smallest absolute Gasteiger partial charge is 0.126 e. The highest BCUT2D eigenvalue weighted by Crippen LogP contribution is 2.55. The van der Waals surface area contributed by atoms with Crippen LogP contribution < -0.4 is 0 Å². The first kappa shape index (κ1) is 21.5. The molecule has 0 N–H and O–H groups in total. The molecule has 1 aliphatic carbocycles. The number of benzene rings is 2. The van der Waals surface area contributed by atoms with Gasteiger partial charge in [0, 0.05) is 13.2 Å². The first-order valence-electron chi connectivity index (χ1n) is 11.4. The van der Waals surface area contributed by atoms with E-state index in [4.69, 9.17) is 18.9 Å². The molecule has 4 rings (SSSR count). The predicted octanol–water partition coefficient (Wildman–Crippen LogP) is 5.21. The SMILES string of the molecule is c1ccc([C@]23CCCC[C@]2(c2ccccc2)OCCCOCCOCCCO3)cc1. The molecule has 4 heteroatoms. The van der Waals surface area contributed by atoms with Crippen molar-refractivity contribution in [1.29, 1.82) is 0 Å². The third-order valence-electron chi connectivity index (χ3n) is 6.38. The summed E-state index contributed by atoms with van der Waals surface area (Å²) in [6, 6.07) is 21.4. The van der Waals surface area contributed by atoms with Crippen LogP contribution in [0.15, 0.2) is 60.7 Å². The second-order valence-corrected chi connectivity index (χ2v) is 8.22. The zero-order chi connectivity index (χ0) is 20.5. The maximum atomic E-state index is 6.89. The van der Waals surface area contributed by atoms with Crippen LogP contribution in [0.2, 0.25) is 0 Å². The van der Waals surface area contributed by atoms with E-state index in [0.717, 1.165) is 38.5 Å². The highest BCUT2D eigenvalue weighted by Gasteiger charge is 2.57. The predicted molar refractivity (Wildman–Crippen MR) is 117 cm³/mol. The Kier molecular flexibility index (Phi) is 7.56. The van der Waals surface area contributed by atoms with Crippen molar-refractivity contribution < 1.29 is 18.9 Å². The molecule has 1 saturated heterocycles. The molecule has 30 heavy (non-hydrogen) atoms. The molecule has 1 saturated carbocycles. The van der Waals surface area contributed by atoms with Crippen molar-refractivity contribution in [2.24, 2.45) is 0 Å². The Morgan fingerprint density at radius 1 is 0.467 bits per heavy atom. The number of hydrogen-bond acceptors (Lipinski definition) is 4. The molecule has 0 bridgehead atoms. The molecular formula is C26H34O4. The molecule has 2 aliphatic rings. The van der Waals surface area contributed by atoms with Crippen molar-refractivity contribution >= 4 is 0 Å². The van der Waals surface area contributed by atoms with Crippen molar-refractivity contribution in [3.63, 3.8) is 0 Å². The van der Waals surface area contributed by atoms with Gasteiger partial charge < -0.3 is 18.9 Å². The third-order valence-corrected chi connectivity index (χ3v) is 6.38. The van der Waals surface area contributed by atoms with Crippen LogP contribution in [-0.4, -0.2) is 39.6 Å². The lowest BCUT2D eigenvalue weighted by Crippen LogP contribution is -2.55.